The van der Waals surface area contributed by atoms with Crippen molar-refractivity contribution in [1.29, 1.82) is 0 Å². The zero-order valence-corrected chi connectivity index (χ0v) is 14.4. The number of aliphatic carboxylic acids is 1. The van der Waals surface area contributed by atoms with Gasteiger partial charge in [-0.3, -0.25) is 0 Å². The highest BCUT2D eigenvalue weighted by molar-refractivity contribution is 5.89. The monoisotopic (exact) mass is 390 g/mol. The van der Waals surface area contributed by atoms with Crippen molar-refractivity contribution >= 4 is 18.0 Å². The van der Waals surface area contributed by atoms with Gasteiger partial charge in [-0.1, -0.05) is 12.1 Å². The summed E-state index contributed by atoms with van der Waals surface area (Å²) in [5.41, 5.74) is 0.480. The summed E-state index contributed by atoms with van der Waals surface area (Å²) in [6.45, 7) is -0.653. The van der Waals surface area contributed by atoms with Gasteiger partial charge in [0.25, 0.3) is 0 Å². The number of carboxylic acids is 1. The van der Waals surface area contributed by atoms with E-state index in [2.05, 4.69) is 0 Å². The second kappa shape index (κ2) is 8.78. The van der Waals surface area contributed by atoms with Crippen LogP contribution in [0.2, 0.25) is 0 Å². The number of phenols is 4. The first-order valence-electron chi connectivity index (χ1n) is 8.00. The van der Waals surface area contributed by atoms with Gasteiger partial charge in [0.15, 0.2) is 23.0 Å². The first-order valence-corrected chi connectivity index (χ1v) is 8.00. The molecule has 0 radical (unpaired) electrons. The van der Waals surface area contributed by atoms with Gasteiger partial charge in [-0.15, -0.1) is 0 Å². The van der Waals surface area contributed by atoms with Gasteiger partial charge < -0.3 is 35.4 Å². The van der Waals surface area contributed by atoms with Crippen LogP contribution < -0.4 is 0 Å². The molecule has 1 atom stereocenters. The maximum absolute atomic E-state index is 11.9. The van der Waals surface area contributed by atoms with Gasteiger partial charge in [0.05, 0.1) is 6.61 Å². The normalized spacial score (nSPS) is 12.0. The average molecular weight is 390 g/mol. The maximum Gasteiger partial charge on any atom is 0.345 e. The SMILES string of the molecule is O=C(/C=C/c1ccc(O)c(O)c1)O[C@H](Cc1ccc(O)c(O)c1CO)C(=O)O. The number of rotatable bonds is 7. The molecule has 0 saturated carbocycles. The Kier molecular flexibility index (Phi) is 6.46. The molecule has 0 aliphatic rings. The zero-order valence-electron chi connectivity index (χ0n) is 14.4. The van der Waals surface area contributed by atoms with E-state index in [0.717, 1.165) is 12.1 Å². The van der Waals surface area contributed by atoms with Crippen LogP contribution in [0.15, 0.2) is 36.4 Å². The molecule has 9 nitrogen and oxygen atoms in total. The van der Waals surface area contributed by atoms with Crippen LogP contribution in [-0.2, 0) is 27.4 Å². The van der Waals surface area contributed by atoms with Crippen molar-refractivity contribution in [3.63, 3.8) is 0 Å². The average Bonchev–Trinajstić information content (AvgIpc) is 2.65. The second-order valence-electron chi connectivity index (χ2n) is 5.78. The smallest absolute Gasteiger partial charge is 0.345 e. The van der Waals surface area contributed by atoms with E-state index in [9.17, 15) is 40.2 Å². The molecule has 0 aromatic heterocycles. The molecule has 0 spiro atoms. The van der Waals surface area contributed by atoms with Crippen LogP contribution in [0.1, 0.15) is 16.7 Å². The third-order valence-electron chi connectivity index (χ3n) is 3.87. The first-order chi connectivity index (χ1) is 13.2. The molecular formula is C19H18O9. The Hall–Kier alpha value is -3.72. The number of ether oxygens (including phenoxy) is 1. The maximum atomic E-state index is 11.9. The standard InChI is InChI=1S/C19H18O9/c20-9-12-11(3-5-14(22)18(12)25)8-16(19(26)27)28-17(24)6-2-10-1-4-13(21)15(23)7-10/h1-7,16,20-23,25H,8-9H2,(H,26,27)/b6-2+/t16-/m1/s1. The van der Waals surface area contributed by atoms with Gasteiger partial charge in [-0.25, -0.2) is 9.59 Å². The summed E-state index contributed by atoms with van der Waals surface area (Å²) in [7, 11) is 0. The number of hydrogen-bond acceptors (Lipinski definition) is 8. The number of carbonyl (C=O) groups excluding carboxylic acids is 1. The fourth-order valence-corrected chi connectivity index (χ4v) is 2.40. The molecule has 0 aliphatic heterocycles. The van der Waals surface area contributed by atoms with E-state index >= 15 is 0 Å². The Morgan fingerprint density at radius 3 is 2.29 bits per heavy atom. The quantitative estimate of drug-likeness (QED) is 0.232. The fourth-order valence-electron chi connectivity index (χ4n) is 2.40. The van der Waals surface area contributed by atoms with Crippen molar-refractivity contribution in [1.82, 2.24) is 0 Å². The van der Waals surface area contributed by atoms with Crippen LogP contribution in [0.3, 0.4) is 0 Å². The van der Waals surface area contributed by atoms with Crippen molar-refractivity contribution in [2.24, 2.45) is 0 Å². The molecule has 6 N–H and O–H groups in total. The lowest BCUT2D eigenvalue weighted by Gasteiger charge is -2.16. The number of benzene rings is 2. The van der Waals surface area contributed by atoms with Gasteiger partial charge in [-0.2, -0.15) is 0 Å². The van der Waals surface area contributed by atoms with E-state index in [4.69, 9.17) is 4.74 Å². The van der Waals surface area contributed by atoms with Crippen LogP contribution in [0.5, 0.6) is 23.0 Å². The summed E-state index contributed by atoms with van der Waals surface area (Å²) in [5.74, 6) is -4.20. The highest BCUT2D eigenvalue weighted by Gasteiger charge is 2.24. The Morgan fingerprint density at radius 2 is 1.68 bits per heavy atom. The summed E-state index contributed by atoms with van der Waals surface area (Å²) in [6, 6.07) is 6.26. The van der Waals surface area contributed by atoms with Crippen molar-refractivity contribution < 1.29 is 45.0 Å². The molecular weight excluding hydrogens is 372 g/mol. The van der Waals surface area contributed by atoms with Crippen LogP contribution in [0.25, 0.3) is 6.08 Å². The van der Waals surface area contributed by atoms with Crippen LogP contribution in [0, 0.1) is 0 Å². The molecule has 0 aliphatic carbocycles. The molecule has 148 valence electrons. The summed E-state index contributed by atoms with van der Waals surface area (Å²) >= 11 is 0. The van der Waals surface area contributed by atoms with E-state index < -0.39 is 36.1 Å². The summed E-state index contributed by atoms with van der Waals surface area (Å²) in [4.78, 5) is 23.3. The largest absolute Gasteiger partial charge is 0.504 e. The number of carboxylic acid groups (broad SMARTS) is 1. The van der Waals surface area contributed by atoms with Crippen molar-refractivity contribution in [2.45, 2.75) is 19.1 Å². The van der Waals surface area contributed by atoms with Crippen molar-refractivity contribution in [3.8, 4) is 23.0 Å². The van der Waals surface area contributed by atoms with Crippen LogP contribution in [0.4, 0.5) is 0 Å². The summed E-state index contributed by atoms with van der Waals surface area (Å²) in [6.07, 6.45) is 0.243. The van der Waals surface area contributed by atoms with Crippen LogP contribution in [-0.4, -0.2) is 48.7 Å². The van der Waals surface area contributed by atoms with Gasteiger partial charge >= 0.3 is 11.9 Å². The fraction of sp³-hybridized carbons (Fsp3) is 0.158. The Balaban J connectivity index is 2.13. The van der Waals surface area contributed by atoms with Gasteiger partial charge in [0, 0.05) is 18.1 Å². The van der Waals surface area contributed by atoms with E-state index in [1.54, 1.807) is 0 Å². The molecule has 0 heterocycles. The van der Waals surface area contributed by atoms with Crippen molar-refractivity contribution in [2.75, 3.05) is 0 Å². The Labute approximate surface area is 159 Å². The second-order valence-corrected chi connectivity index (χ2v) is 5.78. The molecule has 0 bridgehead atoms. The van der Waals surface area contributed by atoms with E-state index in [0.29, 0.717) is 5.56 Å². The predicted octanol–water partition coefficient (Wildman–Crippen LogP) is 1.25. The molecule has 2 aromatic rings. The Bertz CT molecular complexity index is 918. The molecule has 0 amide bonds. The zero-order chi connectivity index (χ0) is 20.8. The third kappa shape index (κ3) is 4.92. The minimum Gasteiger partial charge on any atom is -0.504 e. The number of aliphatic hydroxyl groups excluding tert-OH is 1. The van der Waals surface area contributed by atoms with E-state index in [1.165, 1.54) is 30.3 Å². The number of aromatic hydroxyl groups is 4. The molecule has 9 heteroatoms. The molecule has 0 saturated heterocycles. The minimum atomic E-state index is -1.61. The van der Waals surface area contributed by atoms with Gasteiger partial charge in [0.2, 0.25) is 6.10 Å². The summed E-state index contributed by atoms with van der Waals surface area (Å²) in [5, 5.41) is 56.5. The number of esters is 1. The molecule has 2 rings (SSSR count). The third-order valence-corrected chi connectivity index (χ3v) is 3.87. The summed E-state index contributed by atoms with van der Waals surface area (Å²) < 4.78 is 4.90. The van der Waals surface area contributed by atoms with Crippen molar-refractivity contribution in [3.05, 3.63) is 53.1 Å². The van der Waals surface area contributed by atoms with Gasteiger partial charge in [0.1, 0.15) is 0 Å². The van der Waals surface area contributed by atoms with Gasteiger partial charge in [-0.05, 0) is 35.4 Å². The Morgan fingerprint density at radius 1 is 1.00 bits per heavy atom. The highest BCUT2D eigenvalue weighted by atomic mass is 16.6. The lowest BCUT2D eigenvalue weighted by atomic mass is 10.0. The number of hydrogen-bond donors (Lipinski definition) is 6. The first kappa shape index (κ1) is 20.6. The van der Waals surface area contributed by atoms with E-state index in [1.807, 2.05) is 0 Å². The molecule has 0 unspecified atom stereocenters. The molecule has 28 heavy (non-hydrogen) atoms. The van der Waals surface area contributed by atoms with E-state index in [-0.39, 0.29) is 29.0 Å². The molecule has 0 fully saturated rings. The lowest BCUT2D eigenvalue weighted by Crippen LogP contribution is -2.29. The van der Waals surface area contributed by atoms with Crippen LogP contribution >= 0.6 is 0 Å². The number of phenolic OH excluding ortho intramolecular Hbond substituents is 3. The number of aliphatic hydroxyl groups is 1. The number of carbonyl (C=O) groups is 2. The minimum absolute atomic E-state index is 0.0718. The lowest BCUT2D eigenvalue weighted by molar-refractivity contribution is -0.160. The molecule has 2 aromatic carbocycles. The predicted molar refractivity (Wildman–Crippen MR) is 95.7 cm³/mol. The topological polar surface area (TPSA) is 165 Å². The highest BCUT2D eigenvalue weighted by Crippen LogP contribution is 2.32.